The van der Waals surface area contributed by atoms with Gasteiger partial charge in [0.05, 0.1) is 6.10 Å². The van der Waals surface area contributed by atoms with Gasteiger partial charge in [0.15, 0.2) is 0 Å². The molecule has 1 fully saturated rings. The lowest BCUT2D eigenvalue weighted by atomic mass is 10.1. The van der Waals surface area contributed by atoms with Crippen LogP contribution in [0.3, 0.4) is 0 Å². The summed E-state index contributed by atoms with van der Waals surface area (Å²) in [4.78, 5) is 11.2. The molecule has 7 heteroatoms. The molecule has 1 atom stereocenters. The topological polar surface area (TPSA) is 57.1 Å². The van der Waals surface area contributed by atoms with Gasteiger partial charge >= 0.3 is 6.01 Å². The van der Waals surface area contributed by atoms with Crippen LogP contribution in [0.15, 0.2) is 0 Å². The monoisotopic (exact) mass is 263 g/mol. The zero-order valence-electron chi connectivity index (χ0n) is 8.53. The minimum Gasteiger partial charge on any atom is -0.461 e. The van der Waals surface area contributed by atoms with Gasteiger partial charge in [-0.15, -0.1) is 0 Å². The number of hydrogen-bond acceptors (Lipinski definition) is 5. The van der Waals surface area contributed by atoms with Crippen molar-refractivity contribution in [3.8, 4) is 6.01 Å². The minimum atomic E-state index is 0.0274. The second-order valence-electron chi connectivity index (χ2n) is 3.46. The summed E-state index contributed by atoms with van der Waals surface area (Å²) in [6, 6.07) is 0.138. The second kappa shape index (κ2) is 5.61. The molecule has 2 heterocycles. The maximum Gasteiger partial charge on any atom is 0.322 e. The van der Waals surface area contributed by atoms with Gasteiger partial charge in [0.2, 0.25) is 10.6 Å². The molecule has 88 valence electrons. The lowest BCUT2D eigenvalue weighted by Gasteiger charge is -2.21. The summed E-state index contributed by atoms with van der Waals surface area (Å²) in [5.41, 5.74) is 0. The summed E-state index contributed by atoms with van der Waals surface area (Å²) < 4.78 is 10.8. The Morgan fingerprint density at radius 2 is 1.94 bits per heavy atom. The Bertz CT molecular complexity index is 338. The molecule has 1 aliphatic heterocycles. The van der Waals surface area contributed by atoms with E-state index in [0.717, 1.165) is 25.9 Å². The van der Waals surface area contributed by atoms with Gasteiger partial charge in [-0.05, 0) is 42.5 Å². The molecule has 1 unspecified atom stereocenters. The molecule has 16 heavy (non-hydrogen) atoms. The van der Waals surface area contributed by atoms with Gasteiger partial charge in [0, 0.05) is 6.61 Å². The average molecular weight is 264 g/mol. The molecule has 0 amide bonds. The van der Waals surface area contributed by atoms with Crippen LogP contribution < -0.4 is 4.74 Å². The van der Waals surface area contributed by atoms with Gasteiger partial charge in [-0.3, -0.25) is 0 Å². The third-order valence-corrected chi connectivity index (χ3v) is 2.57. The SMILES string of the molecule is Clc1nc(Cl)nc(OCC2CCCCO2)n1. The van der Waals surface area contributed by atoms with E-state index in [1.54, 1.807) is 0 Å². The number of aromatic nitrogens is 3. The smallest absolute Gasteiger partial charge is 0.322 e. The number of ether oxygens (including phenoxy) is 2. The maximum absolute atomic E-state index is 5.61. The van der Waals surface area contributed by atoms with Crippen molar-refractivity contribution in [1.82, 2.24) is 15.0 Å². The fourth-order valence-corrected chi connectivity index (χ4v) is 1.83. The van der Waals surface area contributed by atoms with Crippen LogP contribution in [0, 0.1) is 0 Å². The standard InChI is InChI=1S/C9H11Cl2N3O2/c10-7-12-8(11)14-9(13-7)16-5-6-3-1-2-4-15-6/h6H,1-5H2. The summed E-state index contributed by atoms with van der Waals surface area (Å²) in [6.07, 6.45) is 3.36. The van der Waals surface area contributed by atoms with Crippen molar-refractivity contribution in [2.24, 2.45) is 0 Å². The quantitative estimate of drug-likeness (QED) is 0.836. The van der Waals surface area contributed by atoms with Crippen molar-refractivity contribution in [2.75, 3.05) is 13.2 Å². The van der Waals surface area contributed by atoms with Crippen LogP contribution in [-0.4, -0.2) is 34.3 Å². The molecular weight excluding hydrogens is 253 g/mol. The van der Waals surface area contributed by atoms with Crippen LogP contribution in [0.5, 0.6) is 6.01 Å². The Morgan fingerprint density at radius 1 is 1.19 bits per heavy atom. The van der Waals surface area contributed by atoms with Crippen LogP contribution in [0.4, 0.5) is 0 Å². The predicted molar refractivity (Wildman–Crippen MR) is 58.9 cm³/mol. The first-order valence-electron chi connectivity index (χ1n) is 5.05. The first-order chi connectivity index (χ1) is 7.74. The van der Waals surface area contributed by atoms with Gasteiger partial charge in [0.1, 0.15) is 6.61 Å². The van der Waals surface area contributed by atoms with Crippen molar-refractivity contribution in [3.63, 3.8) is 0 Å². The Labute approximate surface area is 103 Å². The predicted octanol–water partition coefficient (Wildman–Crippen LogP) is 2.13. The van der Waals surface area contributed by atoms with Gasteiger partial charge < -0.3 is 9.47 Å². The van der Waals surface area contributed by atoms with E-state index in [4.69, 9.17) is 32.7 Å². The molecular formula is C9H11Cl2N3O2. The molecule has 0 aliphatic carbocycles. The van der Waals surface area contributed by atoms with Crippen LogP contribution >= 0.6 is 23.2 Å². The Morgan fingerprint density at radius 3 is 2.56 bits per heavy atom. The van der Waals surface area contributed by atoms with Crippen molar-refractivity contribution in [1.29, 1.82) is 0 Å². The zero-order chi connectivity index (χ0) is 11.4. The molecule has 5 nitrogen and oxygen atoms in total. The Kier molecular flexibility index (Phi) is 4.15. The van der Waals surface area contributed by atoms with Crippen molar-refractivity contribution < 1.29 is 9.47 Å². The van der Waals surface area contributed by atoms with Crippen LogP contribution in [0.1, 0.15) is 19.3 Å². The fraction of sp³-hybridized carbons (Fsp3) is 0.667. The highest BCUT2D eigenvalue weighted by Crippen LogP contribution is 2.15. The highest BCUT2D eigenvalue weighted by molar-refractivity contribution is 6.31. The van der Waals surface area contributed by atoms with E-state index in [9.17, 15) is 0 Å². The summed E-state index contributed by atoms with van der Waals surface area (Å²) in [5.74, 6) is 0. The van der Waals surface area contributed by atoms with Crippen LogP contribution in [0.2, 0.25) is 10.6 Å². The zero-order valence-corrected chi connectivity index (χ0v) is 10.0. The minimum absolute atomic E-state index is 0.0274. The number of halogens is 2. The number of rotatable bonds is 3. The number of nitrogens with zero attached hydrogens (tertiary/aromatic N) is 3. The molecule has 0 bridgehead atoms. The molecule has 0 N–H and O–H groups in total. The Balaban J connectivity index is 1.88. The summed E-state index contributed by atoms with van der Waals surface area (Å²) in [7, 11) is 0. The van der Waals surface area contributed by atoms with Crippen molar-refractivity contribution in [3.05, 3.63) is 10.6 Å². The van der Waals surface area contributed by atoms with Crippen molar-refractivity contribution >= 4 is 23.2 Å². The van der Waals surface area contributed by atoms with E-state index in [2.05, 4.69) is 15.0 Å². The van der Waals surface area contributed by atoms with Crippen molar-refractivity contribution in [2.45, 2.75) is 25.4 Å². The molecule has 1 saturated heterocycles. The highest BCUT2D eigenvalue weighted by Gasteiger charge is 2.15. The van der Waals surface area contributed by atoms with E-state index in [1.165, 1.54) is 0 Å². The molecule has 0 radical (unpaired) electrons. The average Bonchev–Trinajstić information content (AvgIpc) is 2.27. The lowest BCUT2D eigenvalue weighted by molar-refractivity contribution is -0.0129. The summed E-state index contributed by atoms with van der Waals surface area (Å²) >= 11 is 11.2. The van der Waals surface area contributed by atoms with E-state index in [1.807, 2.05) is 0 Å². The van der Waals surface area contributed by atoms with E-state index < -0.39 is 0 Å². The Hall–Kier alpha value is -0.650. The third kappa shape index (κ3) is 3.43. The fourth-order valence-electron chi connectivity index (χ4n) is 1.48. The van der Waals surface area contributed by atoms with Crippen LogP contribution in [0.25, 0.3) is 0 Å². The summed E-state index contributed by atoms with van der Waals surface area (Å²) in [5, 5.41) is 0.0547. The van der Waals surface area contributed by atoms with E-state index >= 15 is 0 Å². The van der Waals surface area contributed by atoms with Gasteiger partial charge in [-0.2, -0.15) is 15.0 Å². The van der Waals surface area contributed by atoms with Crippen LogP contribution in [-0.2, 0) is 4.74 Å². The molecule has 1 aromatic rings. The van der Waals surface area contributed by atoms with E-state index in [0.29, 0.717) is 6.61 Å². The first-order valence-corrected chi connectivity index (χ1v) is 5.81. The molecule has 0 aromatic carbocycles. The number of hydrogen-bond donors (Lipinski definition) is 0. The lowest BCUT2D eigenvalue weighted by Crippen LogP contribution is -2.26. The largest absolute Gasteiger partial charge is 0.461 e. The third-order valence-electron chi connectivity index (χ3n) is 2.23. The first kappa shape index (κ1) is 11.8. The maximum atomic E-state index is 5.61. The van der Waals surface area contributed by atoms with E-state index in [-0.39, 0.29) is 22.7 Å². The molecule has 0 saturated carbocycles. The second-order valence-corrected chi connectivity index (χ2v) is 4.13. The summed E-state index contributed by atoms with van der Waals surface area (Å²) in [6.45, 7) is 1.20. The molecule has 0 spiro atoms. The molecule has 1 aromatic heterocycles. The van der Waals surface area contributed by atoms with Gasteiger partial charge in [0.25, 0.3) is 0 Å². The molecule has 2 rings (SSSR count). The molecule has 1 aliphatic rings. The van der Waals surface area contributed by atoms with Gasteiger partial charge in [-0.1, -0.05) is 0 Å². The normalized spacial score (nSPS) is 20.8. The highest BCUT2D eigenvalue weighted by atomic mass is 35.5. The van der Waals surface area contributed by atoms with Gasteiger partial charge in [-0.25, -0.2) is 0 Å².